The molecule has 50 heavy (non-hydrogen) atoms. The number of esters is 2. The first-order valence-electron chi connectivity index (χ1n) is 17.8. The Morgan fingerprint density at radius 3 is 1.52 bits per heavy atom. The first-order chi connectivity index (χ1) is 22.6. The number of ether oxygens (including phenoxy) is 3. The van der Waals surface area contributed by atoms with Crippen molar-refractivity contribution in [1.82, 2.24) is 10.6 Å². The topological polar surface area (TPSA) is 140 Å². The number of allylic oxidation sites excluding steroid dienone is 1. The van der Waals surface area contributed by atoms with Crippen LogP contribution in [-0.2, 0) is 33.4 Å². The summed E-state index contributed by atoms with van der Waals surface area (Å²) in [7, 11) is 0. The quantitative estimate of drug-likeness (QED) is 0.117. The van der Waals surface area contributed by atoms with Gasteiger partial charge in [0.1, 0.15) is 23.3 Å². The third kappa shape index (κ3) is 22.6. The molecular weight excluding hydrogens is 715 g/mol. The van der Waals surface area contributed by atoms with Gasteiger partial charge < -0.3 is 31.4 Å². The molecule has 10 nitrogen and oxygen atoms in total. The van der Waals surface area contributed by atoms with Crippen LogP contribution in [0.2, 0.25) is 0 Å². The van der Waals surface area contributed by atoms with Gasteiger partial charge in [0.05, 0.1) is 18.8 Å². The Kier molecular flexibility index (Phi) is 26.1. The van der Waals surface area contributed by atoms with Crippen molar-refractivity contribution < 1.29 is 69.5 Å². The largest absolute Gasteiger partial charge is 1.00 e. The molecule has 2 rings (SSSR count). The summed E-state index contributed by atoms with van der Waals surface area (Å²) in [5.74, 6) is -1.40. The van der Waals surface area contributed by atoms with E-state index in [1.807, 2.05) is 69.2 Å². The first kappa shape index (κ1) is 50.9. The fraction of sp³-hybridized carbons (Fsp3) is 0.789. The Labute approximate surface area is 335 Å². The maximum Gasteiger partial charge on any atom is 1.00 e. The molecule has 0 aromatic rings. The number of hydrogen-bond acceptors (Lipinski definition) is 8. The molecule has 2 amide bonds. The van der Waals surface area contributed by atoms with Crippen molar-refractivity contribution in [2.45, 2.75) is 156 Å². The van der Waals surface area contributed by atoms with Gasteiger partial charge in [0.2, 0.25) is 11.8 Å². The minimum atomic E-state index is -0.643. The number of nitrogens with one attached hydrogen (secondary N) is 2. The van der Waals surface area contributed by atoms with Gasteiger partial charge in [-0.1, -0.05) is 68.6 Å². The third-order valence-electron chi connectivity index (χ3n) is 7.82. The van der Waals surface area contributed by atoms with Crippen LogP contribution in [0.25, 0.3) is 0 Å². The molecule has 0 aromatic carbocycles. The van der Waals surface area contributed by atoms with Crippen LogP contribution in [0.3, 0.4) is 0 Å². The summed E-state index contributed by atoms with van der Waals surface area (Å²) in [6, 6.07) is -1.26. The minimum absolute atomic E-state index is 0. The van der Waals surface area contributed by atoms with E-state index in [0.717, 1.165) is 43.9 Å². The molecule has 0 bridgehead atoms. The molecular formula is C38H68BrN2NaO8. The average molecular weight is 784 g/mol. The molecule has 2 saturated carbocycles. The number of hydrogen-bond donors (Lipinski definition) is 3. The Bertz CT molecular complexity index is 1050. The van der Waals surface area contributed by atoms with Gasteiger partial charge in [-0.3, -0.25) is 9.59 Å². The van der Waals surface area contributed by atoms with Crippen molar-refractivity contribution in [2.75, 3.05) is 11.9 Å². The predicted octanol–water partition coefficient (Wildman–Crippen LogP) is 3.93. The van der Waals surface area contributed by atoms with Crippen LogP contribution in [0.1, 0.15) is 122 Å². The second-order valence-electron chi connectivity index (χ2n) is 15.6. The van der Waals surface area contributed by atoms with Gasteiger partial charge in [-0.15, -0.1) is 13.2 Å². The van der Waals surface area contributed by atoms with Crippen molar-refractivity contribution in [1.29, 1.82) is 0 Å². The van der Waals surface area contributed by atoms with E-state index >= 15 is 0 Å². The Hall–Kier alpha value is -1.24. The molecule has 0 saturated heterocycles. The Morgan fingerprint density at radius 2 is 1.18 bits per heavy atom. The molecule has 0 heterocycles. The van der Waals surface area contributed by atoms with E-state index in [4.69, 9.17) is 14.2 Å². The molecule has 12 heteroatoms. The summed E-state index contributed by atoms with van der Waals surface area (Å²) in [4.78, 5) is 49.5. The summed E-state index contributed by atoms with van der Waals surface area (Å²) in [5.41, 5.74) is -1.14. The Morgan fingerprint density at radius 1 is 0.780 bits per heavy atom. The number of aliphatic hydroxyl groups is 1. The van der Waals surface area contributed by atoms with E-state index in [-0.39, 0.29) is 78.5 Å². The maximum atomic E-state index is 12.6. The van der Waals surface area contributed by atoms with Crippen LogP contribution in [-0.4, -0.2) is 76.3 Å². The van der Waals surface area contributed by atoms with E-state index < -0.39 is 35.4 Å². The normalized spacial score (nSPS) is 21.7. The number of carbonyl (C=O) groups is 4. The van der Waals surface area contributed by atoms with Gasteiger partial charge in [0.15, 0.2) is 0 Å². The van der Waals surface area contributed by atoms with Crippen molar-refractivity contribution in [3.63, 3.8) is 0 Å². The molecule has 0 radical (unpaired) electrons. The van der Waals surface area contributed by atoms with Crippen LogP contribution in [0, 0.1) is 23.7 Å². The number of carbonyl (C=O) groups excluding carboxylic acids is 4. The van der Waals surface area contributed by atoms with Crippen molar-refractivity contribution in [2.24, 2.45) is 23.7 Å². The zero-order valence-electron chi connectivity index (χ0n) is 33.9. The van der Waals surface area contributed by atoms with Gasteiger partial charge in [0, 0.05) is 17.2 Å². The Balaban J connectivity index is -0.000000793. The van der Waals surface area contributed by atoms with Gasteiger partial charge in [-0.25, -0.2) is 9.59 Å². The summed E-state index contributed by atoms with van der Waals surface area (Å²) in [5, 5.41) is 16.3. The van der Waals surface area contributed by atoms with Crippen LogP contribution >= 0.6 is 15.9 Å². The van der Waals surface area contributed by atoms with E-state index in [2.05, 4.69) is 39.7 Å². The molecule has 286 valence electrons. The van der Waals surface area contributed by atoms with Crippen molar-refractivity contribution >= 4 is 39.7 Å². The molecule has 4 unspecified atom stereocenters. The summed E-state index contributed by atoms with van der Waals surface area (Å²) in [6.45, 7) is 26.1. The van der Waals surface area contributed by atoms with Crippen LogP contribution < -0.4 is 40.2 Å². The molecule has 0 spiro atoms. The van der Waals surface area contributed by atoms with Crippen LogP contribution in [0.5, 0.6) is 0 Å². The van der Waals surface area contributed by atoms with Gasteiger partial charge >= 0.3 is 41.5 Å². The standard InChI is InChI=1S/C19H33NO4.C16H29NO4.C3H5Br.Na.H/c1-7-11-23-15-10-8-9-14(12-15)17(21)20-16(13(2)3)18(22)24-19(4,5)6;1-10(2)13(15(20)21-16(3,4)5)17-14(19)11-7-6-8-12(18)9-11;1-2-3-4;;/h7,13-16H,1,8-12H2,2-6H3,(H,20,21);10-13,18H,6-9H2,1-5H3,(H,17,19);2H,1,3H2;;/q;;;+1;-1/t14?,15?,16-;11?,12?,13-;;;/m00.../s1. The predicted molar refractivity (Wildman–Crippen MR) is 200 cm³/mol. The van der Waals surface area contributed by atoms with Gasteiger partial charge in [-0.05, 0) is 91.9 Å². The number of halogens is 1. The monoisotopic (exact) mass is 782 g/mol. The smallest absolute Gasteiger partial charge is 1.00 e. The number of rotatable bonds is 12. The molecule has 0 aliphatic heterocycles. The zero-order valence-corrected chi connectivity index (χ0v) is 36.5. The van der Waals surface area contributed by atoms with E-state index in [1.165, 1.54) is 0 Å². The van der Waals surface area contributed by atoms with Crippen LogP contribution in [0.15, 0.2) is 25.3 Å². The summed E-state index contributed by atoms with van der Waals surface area (Å²) < 4.78 is 16.5. The van der Waals surface area contributed by atoms with E-state index in [1.54, 1.807) is 12.2 Å². The average Bonchev–Trinajstić information content (AvgIpc) is 2.99. The fourth-order valence-electron chi connectivity index (χ4n) is 5.41. The van der Waals surface area contributed by atoms with E-state index in [0.29, 0.717) is 19.4 Å². The minimum Gasteiger partial charge on any atom is -1.00 e. The second kappa shape index (κ2) is 25.7. The first-order valence-corrected chi connectivity index (χ1v) is 18.9. The SMILES string of the molecule is C=CCBr.C=CCOC1CCCC(C(=O)N[C@H](C(=O)OC(C)(C)C)C(C)C)C1.CC(C)[C@H](NC(=O)C1CCCC(O)C1)C(=O)OC(C)(C)C.[H-].[Na+]. The molecule has 3 N–H and O–H groups in total. The zero-order chi connectivity index (χ0) is 37.9. The molecule has 0 aromatic heterocycles. The molecule has 2 aliphatic carbocycles. The molecule has 6 atom stereocenters. The second-order valence-corrected chi connectivity index (χ2v) is 16.2. The summed E-state index contributed by atoms with van der Waals surface area (Å²) in [6.07, 6.45) is 9.49. The van der Waals surface area contributed by atoms with Gasteiger partial charge in [0.25, 0.3) is 0 Å². The number of alkyl halides is 1. The van der Waals surface area contributed by atoms with Crippen molar-refractivity contribution in [3.05, 3.63) is 25.3 Å². The fourth-order valence-corrected chi connectivity index (χ4v) is 5.41. The number of aliphatic hydroxyl groups excluding tert-OH is 1. The third-order valence-corrected chi connectivity index (χ3v) is 8.28. The van der Waals surface area contributed by atoms with Gasteiger partial charge in [-0.2, -0.15) is 0 Å². The molecule has 2 aliphatic rings. The van der Waals surface area contributed by atoms with Crippen molar-refractivity contribution in [3.8, 4) is 0 Å². The van der Waals surface area contributed by atoms with Crippen LogP contribution in [0.4, 0.5) is 0 Å². The maximum absolute atomic E-state index is 12.6. The molecule has 2 fully saturated rings. The van der Waals surface area contributed by atoms with E-state index in [9.17, 15) is 24.3 Å². The number of amides is 2. The summed E-state index contributed by atoms with van der Waals surface area (Å²) >= 11 is 3.13.